The minimum Gasteiger partial charge on any atom is -0.455 e. The highest BCUT2D eigenvalue weighted by Crippen LogP contribution is 2.48. The lowest BCUT2D eigenvalue weighted by molar-refractivity contribution is 0.669. The number of benzene rings is 9. The van der Waals surface area contributed by atoms with Crippen LogP contribution in [-0.2, 0) is 0 Å². The van der Waals surface area contributed by atoms with Crippen LogP contribution in [0.15, 0.2) is 185 Å². The van der Waals surface area contributed by atoms with Gasteiger partial charge in [-0.25, -0.2) is 0 Å². The summed E-state index contributed by atoms with van der Waals surface area (Å²) < 4.78 is 48.7. The van der Waals surface area contributed by atoms with Crippen LogP contribution in [-0.4, -0.2) is 0 Å². The van der Waals surface area contributed by atoms with E-state index in [1.165, 1.54) is 0 Å². The van der Waals surface area contributed by atoms with Crippen molar-refractivity contribution in [3.05, 3.63) is 181 Å². The summed E-state index contributed by atoms with van der Waals surface area (Å²) >= 11 is 0. The number of hydrogen-bond acceptors (Lipinski definition) is 2. The summed E-state index contributed by atoms with van der Waals surface area (Å²) in [6, 6.07) is 51.7. The molecule has 0 saturated carbocycles. The molecule has 248 valence electrons. The first-order chi connectivity index (χ1) is 27.9. The van der Waals surface area contributed by atoms with Gasteiger partial charge in [0.1, 0.15) is 22.3 Å². The summed E-state index contributed by atoms with van der Waals surface area (Å²) in [5, 5.41) is 7.81. The maximum atomic E-state index is 9.06. The van der Waals surface area contributed by atoms with Crippen LogP contribution in [0.1, 0.15) is 11.0 Å². The molecule has 0 aliphatic rings. The lowest BCUT2D eigenvalue weighted by Crippen LogP contribution is -1.92. The molecule has 2 heterocycles. The predicted molar refractivity (Wildman–Crippen MR) is 222 cm³/mol. The number of furan rings is 2. The van der Waals surface area contributed by atoms with Gasteiger partial charge in [0.2, 0.25) is 0 Å². The molecule has 11 rings (SSSR count). The molecule has 0 saturated heterocycles. The second kappa shape index (κ2) is 11.6. The van der Waals surface area contributed by atoms with Gasteiger partial charge in [-0.05, 0) is 74.5 Å². The zero-order valence-electron chi connectivity index (χ0n) is 32.8. The summed E-state index contributed by atoms with van der Waals surface area (Å²) in [6.45, 7) is 1.64. The fourth-order valence-corrected chi connectivity index (χ4v) is 8.26. The first-order valence-electron chi connectivity index (χ1n) is 19.9. The van der Waals surface area contributed by atoms with Crippen molar-refractivity contribution < 1.29 is 14.3 Å². The third-order valence-corrected chi connectivity index (χ3v) is 10.6. The van der Waals surface area contributed by atoms with Crippen molar-refractivity contribution in [2.45, 2.75) is 6.92 Å². The molecule has 0 aliphatic carbocycles. The second-order valence-corrected chi connectivity index (χ2v) is 13.7. The molecule has 2 nitrogen and oxygen atoms in total. The van der Waals surface area contributed by atoms with Crippen molar-refractivity contribution in [3.8, 4) is 44.5 Å². The zero-order chi connectivity index (χ0) is 38.5. The second-order valence-electron chi connectivity index (χ2n) is 13.7. The fraction of sp³-hybridized carbons (Fsp3) is 0.0196. The number of hydrogen-bond donors (Lipinski definition) is 0. The zero-order valence-corrected chi connectivity index (χ0v) is 28.8. The van der Waals surface area contributed by atoms with Gasteiger partial charge in [-0.3, -0.25) is 0 Å². The van der Waals surface area contributed by atoms with E-state index in [0.29, 0.717) is 16.7 Å². The lowest BCUT2D eigenvalue weighted by Gasteiger charge is -2.18. The largest absolute Gasteiger partial charge is 0.455 e. The molecule has 53 heavy (non-hydrogen) atoms. The van der Waals surface area contributed by atoms with Crippen LogP contribution in [0.2, 0.25) is 0 Å². The molecule has 0 fully saturated rings. The van der Waals surface area contributed by atoms with E-state index in [1.807, 2.05) is 72.8 Å². The van der Waals surface area contributed by atoms with E-state index >= 15 is 0 Å². The molecule has 2 heteroatoms. The average Bonchev–Trinajstić information content (AvgIpc) is 3.84. The summed E-state index contributed by atoms with van der Waals surface area (Å²) in [6.07, 6.45) is 0. The molecule has 0 atom stereocenters. The van der Waals surface area contributed by atoms with E-state index in [2.05, 4.69) is 78.9 Å². The van der Waals surface area contributed by atoms with Crippen LogP contribution < -0.4 is 0 Å². The molecule has 0 amide bonds. The number of para-hydroxylation sites is 3. The maximum Gasteiger partial charge on any atom is 0.143 e. The van der Waals surface area contributed by atoms with Crippen LogP contribution >= 0.6 is 0 Å². The first kappa shape index (κ1) is 26.0. The summed E-state index contributed by atoms with van der Waals surface area (Å²) in [5.41, 5.74) is 10.8. The quantitative estimate of drug-likeness (QED) is 0.173. The van der Waals surface area contributed by atoms with Gasteiger partial charge >= 0.3 is 0 Å². The molecule has 2 aromatic heterocycles. The Morgan fingerprint density at radius 1 is 0.358 bits per heavy atom. The van der Waals surface area contributed by atoms with Gasteiger partial charge in [-0.15, -0.1) is 0 Å². The van der Waals surface area contributed by atoms with E-state index in [0.717, 1.165) is 98.8 Å². The highest BCUT2D eigenvalue weighted by molar-refractivity contribution is 6.25. The highest BCUT2D eigenvalue weighted by Gasteiger charge is 2.22. The Kier molecular flexibility index (Phi) is 5.66. The minimum absolute atomic E-state index is 0.0255. The monoisotopic (exact) mass is 680 g/mol. The third kappa shape index (κ3) is 4.52. The van der Waals surface area contributed by atoms with E-state index in [9.17, 15) is 0 Å². The molecule has 0 spiro atoms. The van der Waals surface area contributed by atoms with Crippen LogP contribution in [0.25, 0.3) is 110 Å². The van der Waals surface area contributed by atoms with Crippen molar-refractivity contribution in [2.75, 3.05) is 0 Å². The molecule has 0 bridgehead atoms. The molecule has 0 radical (unpaired) electrons. The van der Waals surface area contributed by atoms with Crippen molar-refractivity contribution in [1.82, 2.24) is 0 Å². The van der Waals surface area contributed by atoms with Crippen molar-refractivity contribution >= 4 is 65.4 Å². The maximum absolute atomic E-state index is 9.06. The van der Waals surface area contributed by atoms with Crippen LogP contribution in [0.5, 0.6) is 0 Å². The molecule has 0 unspecified atom stereocenters. The first-order valence-corrected chi connectivity index (χ1v) is 17.9. The SMILES string of the molecule is [2H]c1c([2H])c(-c2c3ccccc3c(-c3ccc(-c4ccc(-c5cccc6c5oc5ccccc56)cc4)c4c3oc3ccccc34)c3ccccc23)c([2H])c([2H])c1C. The van der Waals surface area contributed by atoms with Crippen molar-refractivity contribution in [3.63, 3.8) is 0 Å². The van der Waals surface area contributed by atoms with Crippen LogP contribution in [0.3, 0.4) is 0 Å². The normalized spacial score (nSPS) is 12.9. The Morgan fingerprint density at radius 3 is 1.51 bits per heavy atom. The summed E-state index contributed by atoms with van der Waals surface area (Å²) in [7, 11) is 0. The Morgan fingerprint density at radius 2 is 0.849 bits per heavy atom. The van der Waals surface area contributed by atoms with E-state index in [4.69, 9.17) is 14.3 Å². The van der Waals surface area contributed by atoms with Gasteiger partial charge in [0, 0.05) is 38.2 Å². The van der Waals surface area contributed by atoms with Gasteiger partial charge in [0.05, 0.1) is 5.48 Å². The molecular weight excluding hydrogens is 645 g/mol. The molecule has 0 N–H and O–H groups in total. The van der Waals surface area contributed by atoms with Crippen molar-refractivity contribution in [2.24, 2.45) is 0 Å². The van der Waals surface area contributed by atoms with Crippen LogP contribution in [0, 0.1) is 6.92 Å². The Bertz CT molecular complexity index is 3380. The fourth-order valence-electron chi connectivity index (χ4n) is 8.26. The van der Waals surface area contributed by atoms with Gasteiger partial charge in [-0.2, -0.15) is 0 Å². The number of rotatable bonds is 4. The lowest BCUT2D eigenvalue weighted by atomic mass is 9.84. The summed E-state index contributed by atoms with van der Waals surface area (Å²) in [4.78, 5) is 0. The van der Waals surface area contributed by atoms with Gasteiger partial charge < -0.3 is 8.83 Å². The summed E-state index contributed by atoms with van der Waals surface area (Å²) in [5.74, 6) is 0. The van der Waals surface area contributed by atoms with Gasteiger partial charge in [0.25, 0.3) is 0 Å². The van der Waals surface area contributed by atoms with Gasteiger partial charge in [-0.1, -0.05) is 163 Å². The number of fused-ring (bicyclic) bond motifs is 8. The Labute approximate surface area is 311 Å². The highest BCUT2D eigenvalue weighted by atomic mass is 16.3. The average molecular weight is 681 g/mol. The van der Waals surface area contributed by atoms with Crippen LogP contribution in [0.4, 0.5) is 0 Å². The van der Waals surface area contributed by atoms with E-state index in [1.54, 1.807) is 6.92 Å². The van der Waals surface area contributed by atoms with E-state index < -0.39 is 0 Å². The minimum atomic E-state index is -0.0409. The topological polar surface area (TPSA) is 26.3 Å². The molecule has 9 aromatic carbocycles. The van der Waals surface area contributed by atoms with Crippen molar-refractivity contribution in [1.29, 1.82) is 0 Å². The van der Waals surface area contributed by atoms with E-state index in [-0.39, 0.29) is 24.2 Å². The Hall–Kier alpha value is -6.90. The standard InChI is InChI=1S/C51H32O2/c1-31-21-23-34(24-22-31)47-38-12-2-4-14-40(38)48(41-15-5-3-13-39(41)47)44-30-29-35(49-43-16-7-9-20-46(43)53-51(44)49)32-25-27-33(28-26-32)36-17-10-18-42-37-11-6-8-19-45(37)52-50(36)42/h2-30H,1H3/i21D,22D,23D,24D. The van der Waals surface area contributed by atoms with Gasteiger partial charge in [0.15, 0.2) is 0 Å². The molecule has 11 aromatic rings. The third-order valence-electron chi connectivity index (χ3n) is 10.6. The molecular formula is C51H32O2. The Balaban J connectivity index is 1.15. The smallest absolute Gasteiger partial charge is 0.143 e. The predicted octanol–water partition coefficient (Wildman–Crippen LogP) is 14.8. The molecule has 0 aliphatic heterocycles.